The summed E-state index contributed by atoms with van der Waals surface area (Å²) in [5.41, 5.74) is 1.02. The molecule has 4 heteroatoms. The van der Waals surface area contributed by atoms with Gasteiger partial charge in [-0.05, 0) is 19.7 Å². The number of benzene rings is 1. The van der Waals surface area contributed by atoms with Crippen molar-refractivity contribution in [3.8, 4) is 0 Å². The zero-order valence-corrected chi connectivity index (χ0v) is 8.30. The SMILES string of the molecule is CN(C)C[CH]c1cccc([N+](=O)[O-])c1. The first kappa shape index (κ1) is 10.7. The Hall–Kier alpha value is -1.42. The molecule has 1 aromatic carbocycles. The smallest absolute Gasteiger partial charge is 0.269 e. The molecule has 0 saturated carbocycles. The highest BCUT2D eigenvalue weighted by molar-refractivity contribution is 5.37. The Bertz CT molecular complexity index is 324. The van der Waals surface area contributed by atoms with Crippen molar-refractivity contribution in [2.45, 2.75) is 0 Å². The molecule has 0 bridgehead atoms. The van der Waals surface area contributed by atoms with Crippen LogP contribution in [0.15, 0.2) is 24.3 Å². The van der Waals surface area contributed by atoms with Gasteiger partial charge in [0.05, 0.1) is 4.92 Å². The molecule has 1 radical (unpaired) electrons. The fraction of sp³-hybridized carbons (Fsp3) is 0.300. The number of non-ortho nitro benzene ring substituents is 1. The molecule has 0 fully saturated rings. The minimum absolute atomic E-state index is 0.137. The lowest BCUT2D eigenvalue weighted by molar-refractivity contribution is -0.384. The van der Waals surface area contributed by atoms with Crippen LogP contribution in [-0.4, -0.2) is 30.5 Å². The van der Waals surface area contributed by atoms with E-state index < -0.39 is 0 Å². The van der Waals surface area contributed by atoms with Crippen LogP contribution >= 0.6 is 0 Å². The number of hydrogen-bond acceptors (Lipinski definition) is 3. The van der Waals surface area contributed by atoms with E-state index in [2.05, 4.69) is 0 Å². The van der Waals surface area contributed by atoms with Crippen LogP contribution < -0.4 is 0 Å². The zero-order valence-electron chi connectivity index (χ0n) is 8.30. The number of nitro benzene ring substituents is 1. The molecule has 0 N–H and O–H groups in total. The minimum atomic E-state index is -0.382. The van der Waals surface area contributed by atoms with E-state index in [9.17, 15) is 10.1 Å². The van der Waals surface area contributed by atoms with Crippen molar-refractivity contribution in [3.05, 3.63) is 46.4 Å². The van der Waals surface area contributed by atoms with Crippen molar-refractivity contribution >= 4 is 5.69 Å². The lowest BCUT2D eigenvalue weighted by atomic mass is 10.1. The van der Waals surface area contributed by atoms with Crippen molar-refractivity contribution in [1.29, 1.82) is 0 Å². The first-order valence-corrected chi connectivity index (χ1v) is 4.32. The highest BCUT2D eigenvalue weighted by Gasteiger charge is 2.05. The minimum Gasteiger partial charge on any atom is -0.309 e. The van der Waals surface area contributed by atoms with E-state index in [-0.39, 0.29) is 10.6 Å². The fourth-order valence-electron chi connectivity index (χ4n) is 1.05. The van der Waals surface area contributed by atoms with Crippen LogP contribution in [0.25, 0.3) is 0 Å². The molecule has 0 aliphatic rings. The van der Waals surface area contributed by atoms with E-state index >= 15 is 0 Å². The first-order chi connectivity index (χ1) is 6.59. The summed E-state index contributed by atoms with van der Waals surface area (Å²) in [5, 5.41) is 10.5. The lowest BCUT2D eigenvalue weighted by Gasteiger charge is -2.08. The molecule has 0 spiro atoms. The monoisotopic (exact) mass is 193 g/mol. The van der Waals surface area contributed by atoms with Gasteiger partial charge in [-0.2, -0.15) is 0 Å². The van der Waals surface area contributed by atoms with E-state index in [4.69, 9.17) is 0 Å². The molecule has 1 aromatic rings. The highest BCUT2D eigenvalue weighted by atomic mass is 16.6. The summed E-state index contributed by atoms with van der Waals surface area (Å²) >= 11 is 0. The standard InChI is InChI=1S/C10H13N2O2/c1-11(2)7-6-9-4-3-5-10(8-9)12(13)14/h3-6,8H,7H2,1-2H3. The predicted molar refractivity (Wildman–Crippen MR) is 55.1 cm³/mol. The van der Waals surface area contributed by atoms with Gasteiger partial charge in [-0.3, -0.25) is 10.1 Å². The Balaban J connectivity index is 2.69. The molecular weight excluding hydrogens is 180 g/mol. The summed E-state index contributed by atoms with van der Waals surface area (Å²) in [6, 6.07) is 6.62. The molecule has 0 saturated heterocycles. The van der Waals surface area contributed by atoms with Gasteiger partial charge in [-0.1, -0.05) is 12.1 Å². The van der Waals surface area contributed by atoms with Gasteiger partial charge in [0.1, 0.15) is 0 Å². The largest absolute Gasteiger partial charge is 0.309 e. The van der Waals surface area contributed by atoms with Gasteiger partial charge in [0.25, 0.3) is 5.69 Å². The van der Waals surface area contributed by atoms with Crippen LogP contribution in [-0.2, 0) is 0 Å². The molecule has 0 atom stereocenters. The average Bonchev–Trinajstić information content (AvgIpc) is 2.15. The second kappa shape index (κ2) is 4.72. The summed E-state index contributed by atoms with van der Waals surface area (Å²) in [4.78, 5) is 12.1. The first-order valence-electron chi connectivity index (χ1n) is 4.32. The van der Waals surface area contributed by atoms with Gasteiger partial charge in [-0.15, -0.1) is 0 Å². The Kier molecular flexibility index (Phi) is 3.59. The zero-order chi connectivity index (χ0) is 10.6. The fourth-order valence-corrected chi connectivity index (χ4v) is 1.05. The molecule has 0 unspecified atom stereocenters. The van der Waals surface area contributed by atoms with Crippen LogP contribution in [0.2, 0.25) is 0 Å². The van der Waals surface area contributed by atoms with E-state index in [1.165, 1.54) is 6.07 Å². The summed E-state index contributed by atoms with van der Waals surface area (Å²) < 4.78 is 0. The Morgan fingerprint density at radius 2 is 2.21 bits per heavy atom. The molecular formula is C10H13N2O2. The molecule has 0 amide bonds. The maximum absolute atomic E-state index is 10.5. The third kappa shape index (κ3) is 3.14. The van der Waals surface area contributed by atoms with Crippen molar-refractivity contribution in [1.82, 2.24) is 4.90 Å². The Morgan fingerprint density at radius 1 is 1.50 bits per heavy atom. The van der Waals surface area contributed by atoms with Gasteiger partial charge in [0.15, 0.2) is 0 Å². The number of likely N-dealkylation sites (N-methyl/N-ethyl adjacent to an activating group) is 1. The van der Waals surface area contributed by atoms with Gasteiger partial charge < -0.3 is 4.90 Å². The summed E-state index contributed by atoms with van der Waals surface area (Å²) in [5.74, 6) is 0. The topological polar surface area (TPSA) is 46.4 Å². The maximum atomic E-state index is 10.5. The predicted octanol–water partition coefficient (Wildman–Crippen LogP) is 1.71. The van der Waals surface area contributed by atoms with Crippen molar-refractivity contribution in [2.75, 3.05) is 20.6 Å². The number of rotatable bonds is 4. The molecule has 75 valence electrons. The quantitative estimate of drug-likeness (QED) is 0.540. The van der Waals surface area contributed by atoms with E-state index in [1.54, 1.807) is 12.1 Å². The average molecular weight is 193 g/mol. The van der Waals surface area contributed by atoms with Crippen LogP contribution in [0, 0.1) is 16.5 Å². The number of nitrogens with zero attached hydrogens (tertiary/aromatic N) is 2. The van der Waals surface area contributed by atoms with Gasteiger partial charge in [0.2, 0.25) is 0 Å². The van der Waals surface area contributed by atoms with Crippen molar-refractivity contribution in [3.63, 3.8) is 0 Å². The highest BCUT2D eigenvalue weighted by Crippen LogP contribution is 2.14. The number of nitro groups is 1. The third-order valence-electron chi connectivity index (χ3n) is 1.77. The second-order valence-corrected chi connectivity index (χ2v) is 3.32. The molecule has 0 aromatic heterocycles. The molecule has 1 rings (SSSR count). The summed E-state index contributed by atoms with van der Waals surface area (Å²) in [7, 11) is 3.90. The van der Waals surface area contributed by atoms with Crippen LogP contribution in [0.5, 0.6) is 0 Å². The molecule has 0 aliphatic carbocycles. The molecule has 0 heterocycles. The summed E-state index contributed by atoms with van der Waals surface area (Å²) in [6.07, 6.45) is 1.95. The second-order valence-electron chi connectivity index (χ2n) is 3.32. The van der Waals surface area contributed by atoms with Gasteiger partial charge in [0, 0.05) is 25.1 Å². The van der Waals surface area contributed by atoms with Gasteiger partial charge in [-0.25, -0.2) is 0 Å². The van der Waals surface area contributed by atoms with Crippen molar-refractivity contribution < 1.29 is 4.92 Å². The lowest BCUT2D eigenvalue weighted by Crippen LogP contribution is -2.13. The third-order valence-corrected chi connectivity index (χ3v) is 1.77. The molecule has 0 aliphatic heterocycles. The van der Waals surface area contributed by atoms with E-state index in [1.807, 2.05) is 31.5 Å². The molecule has 14 heavy (non-hydrogen) atoms. The van der Waals surface area contributed by atoms with Crippen LogP contribution in [0.1, 0.15) is 5.56 Å². The van der Waals surface area contributed by atoms with Crippen molar-refractivity contribution in [2.24, 2.45) is 0 Å². The van der Waals surface area contributed by atoms with Crippen LogP contribution in [0.3, 0.4) is 0 Å². The normalized spacial score (nSPS) is 10.5. The summed E-state index contributed by atoms with van der Waals surface area (Å²) in [6.45, 7) is 0.779. The van der Waals surface area contributed by atoms with Gasteiger partial charge >= 0.3 is 0 Å². The van der Waals surface area contributed by atoms with E-state index in [0.717, 1.165) is 12.1 Å². The van der Waals surface area contributed by atoms with Crippen LogP contribution in [0.4, 0.5) is 5.69 Å². The molecule has 4 nitrogen and oxygen atoms in total. The Labute approximate surface area is 83.3 Å². The maximum Gasteiger partial charge on any atom is 0.269 e. The van der Waals surface area contributed by atoms with E-state index in [0.29, 0.717) is 0 Å². The number of hydrogen-bond donors (Lipinski definition) is 0. The Morgan fingerprint density at radius 3 is 2.79 bits per heavy atom.